The summed E-state index contributed by atoms with van der Waals surface area (Å²) in [6.07, 6.45) is 0. The molecule has 1 N–H and O–H groups in total. The summed E-state index contributed by atoms with van der Waals surface area (Å²) >= 11 is 1.59. The van der Waals surface area contributed by atoms with Crippen LogP contribution in [0.25, 0.3) is 0 Å². The Morgan fingerprint density at radius 3 is 2.64 bits per heavy atom. The number of carbonyl (C=O) groups is 2. The molecule has 0 saturated carbocycles. The molecular formula is C9H13NO3S. The van der Waals surface area contributed by atoms with E-state index in [9.17, 15) is 9.59 Å². The highest BCUT2D eigenvalue weighted by atomic mass is 32.2. The average Bonchev–Trinajstić information content (AvgIpc) is 2.34. The van der Waals surface area contributed by atoms with E-state index in [2.05, 4.69) is 0 Å². The van der Waals surface area contributed by atoms with Crippen LogP contribution in [0.3, 0.4) is 0 Å². The van der Waals surface area contributed by atoms with E-state index in [-0.39, 0.29) is 21.9 Å². The van der Waals surface area contributed by atoms with Crippen molar-refractivity contribution >= 4 is 23.6 Å². The van der Waals surface area contributed by atoms with Gasteiger partial charge in [0.25, 0.3) is 0 Å². The molecule has 14 heavy (non-hydrogen) atoms. The molecule has 2 fully saturated rings. The van der Waals surface area contributed by atoms with Crippen LogP contribution in [0, 0.1) is 5.92 Å². The van der Waals surface area contributed by atoms with Gasteiger partial charge in [-0.05, 0) is 13.8 Å². The largest absolute Gasteiger partial charge is 0.480 e. The number of aliphatic carboxylic acids is 1. The minimum Gasteiger partial charge on any atom is -0.480 e. The molecule has 0 spiro atoms. The summed E-state index contributed by atoms with van der Waals surface area (Å²) in [5.41, 5.74) is 0. The summed E-state index contributed by atoms with van der Waals surface area (Å²) in [6, 6.07) is -0.666. The van der Waals surface area contributed by atoms with Crippen LogP contribution < -0.4 is 0 Å². The molecule has 0 radical (unpaired) electrons. The second-order valence-electron chi connectivity index (χ2n) is 4.39. The molecule has 0 aliphatic carbocycles. The molecule has 0 aromatic rings. The highest BCUT2D eigenvalue weighted by Crippen LogP contribution is 2.52. The second-order valence-corrected chi connectivity index (χ2v) is 6.16. The van der Waals surface area contributed by atoms with Crippen molar-refractivity contribution in [2.24, 2.45) is 5.92 Å². The summed E-state index contributed by atoms with van der Waals surface area (Å²) in [5.74, 6) is -0.950. The lowest BCUT2D eigenvalue weighted by Gasteiger charge is -2.41. The third kappa shape index (κ3) is 1.02. The van der Waals surface area contributed by atoms with E-state index >= 15 is 0 Å². The van der Waals surface area contributed by atoms with Crippen LogP contribution in [0.1, 0.15) is 20.8 Å². The number of hydrogen-bond donors (Lipinski definition) is 1. The molecule has 2 rings (SSSR count). The minimum atomic E-state index is -0.898. The Morgan fingerprint density at radius 2 is 2.14 bits per heavy atom. The number of hydrogen-bond acceptors (Lipinski definition) is 3. The van der Waals surface area contributed by atoms with Crippen molar-refractivity contribution in [1.82, 2.24) is 4.90 Å². The van der Waals surface area contributed by atoms with Crippen LogP contribution in [-0.4, -0.2) is 38.0 Å². The number of β-lactam (4-membered cyclic amide) rings is 1. The van der Waals surface area contributed by atoms with Crippen LogP contribution in [0.5, 0.6) is 0 Å². The lowest BCUT2D eigenvalue weighted by atomic mass is 9.93. The van der Waals surface area contributed by atoms with Crippen LogP contribution >= 0.6 is 11.8 Å². The van der Waals surface area contributed by atoms with Crippen molar-refractivity contribution in [2.45, 2.75) is 36.9 Å². The molecule has 0 aromatic heterocycles. The van der Waals surface area contributed by atoms with Crippen molar-refractivity contribution in [1.29, 1.82) is 0 Å². The lowest BCUT2D eigenvalue weighted by molar-refractivity contribution is -0.162. The number of carboxylic acid groups (broad SMARTS) is 1. The van der Waals surface area contributed by atoms with Crippen molar-refractivity contribution in [3.63, 3.8) is 0 Å². The summed E-state index contributed by atoms with van der Waals surface area (Å²) in [6.45, 7) is 5.63. The molecule has 1 unspecified atom stereocenters. The Kier molecular flexibility index (Phi) is 1.86. The Bertz CT molecular complexity index is 315. The van der Waals surface area contributed by atoms with E-state index in [0.717, 1.165) is 0 Å². The average molecular weight is 215 g/mol. The molecule has 3 atom stereocenters. The van der Waals surface area contributed by atoms with E-state index in [1.807, 2.05) is 20.8 Å². The molecule has 4 nitrogen and oxygen atoms in total. The first-order valence-corrected chi connectivity index (χ1v) is 5.47. The standard InChI is InChI=1S/C9H13NO3S/c1-4-6(11)10-5(8(12)13)9(2,3)14-7(4)10/h4-5,7H,1-3H3,(H,12,13)/t4-,5-,7?/m1/s1. The minimum absolute atomic E-state index is 0.0244. The van der Waals surface area contributed by atoms with Gasteiger partial charge in [0, 0.05) is 4.75 Å². The van der Waals surface area contributed by atoms with Gasteiger partial charge in [0.05, 0.1) is 11.3 Å². The molecule has 1 amide bonds. The summed E-state index contributed by atoms with van der Waals surface area (Å²) < 4.78 is -0.378. The number of carboxylic acids is 1. The molecular weight excluding hydrogens is 202 g/mol. The van der Waals surface area contributed by atoms with Gasteiger partial charge in [-0.1, -0.05) is 6.92 Å². The van der Waals surface area contributed by atoms with Crippen molar-refractivity contribution < 1.29 is 14.7 Å². The molecule has 2 aliphatic heterocycles. The summed E-state index contributed by atoms with van der Waals surface area (Å²) in [5, 5.41) is 9.14. The molecule has 0 aromatic carbocycles. The number of amides is 1. The predicted molar refractivity (Wildman–Crippen MR) is 52.9 cm³/mol. The number of thioether (sulfide) groups is 1. The van der Waals surface area contributed by atoms with E-state index in [1.165, 1.54) is 4.90 Å². The van der Waals surface area contributed by atoms with Gasteiger partial charge in [0.2, 0.25) is 5.91 Å². The molecule has 78 valence electrons. The van der Waals surface area contributed by atoms with E-state index in [0.29, 0.717) is 0 Å². The maximum atomic E-state index is 11.5. The van der Waals surface area contributed by atoms with Gasteiger partial charge < -0.3 is 10.0 Å². The molecule has 2 heterocycles. The fourth-order valence-corrected chi connectivity index (χ4v) is 3.83. The van der Waals surface area contributed by atoms with E-state index in [1.54, 1.807) is 11.8 Å². The second kappa shape index (κ2) is 2.66. The van der Waals surface area contributed by atoms with E-state index in [4.69, 9.17) is 5.11 Å². The fraction of sp³-hybridized carbons (Fsp3) is 0.778. The number of fused-ring (bicyclic) bond motifs is 1. The fourth-order valence-electron chi connectivity index (χ4n) is 2.20. The number of carbonyl (C=O) groups excluding carboxylic acids is 1. The molecule has 2 saturated heterocycles. The normalized spacial score (nSPS) is 39.2. The zero-order valence-electron chi connectivity index (χ0n) is 8.35. The highest BCUT2D eigenvalue weighted by molar-refractivity contribution is 8.01. The topological polar surface area (TPSA) is 57.6 Å². The Balaban J connectivity index is 2.32. The van der Waals surface area contributed by atoms with Gasteiger partial charge in [-0.3, -0.25) is 4.79 Å². The number of nitrogens with zero attached hydrogens (tertiary/aromatic N) is 1. The highest BCUT2D eigenvalue weighted by Gasteiger charge is 2.62. The van der Waals surface area contributed by atoms with Gasteiger partial charge in [-0.2, -0.15) is 0 Å². The SMILES string of the molecule is C[C@@H]1C(=O)N2C1SC(C)(C)[C@H]2C(=O)O. The third-order valence-corrected chi connectivity index (χ3v) is 4.65. The molecule has 5 heteroatoms. The predicted octanol–water partition coefficient (Wildman–Crippen LogP) is 0.769. The lowest BCUT2D eigenvalue weighted by Crippen LogP contribution is -2.61. The van der Waals surface area contributed by atoms with Gasteiger partial charge >= 0.3 is 5.97 Å². The van der Waals surface area contributed by atoms with Gasteiger partial charge in [-0.25, -0.2) is 4.79 Å². The number of rotatable bonds is 1. The summed E-state index contributed by atoms with van der Waals surface area (Å²) in [4.78, 5) is 24.1. The van der Waals surface area contributed by atoms with Gasteiger partial charge in [-0.15, -0.1) is 11.8 Å². The zero-order chi connectivity index (χ0) is 10.7. The Labute approximate surface area is 86.6 Å². The van der Waals surface area contributed by atoms with Crippen LogP contribution in [0.4, 0.5) is 0 Å². The van der Waals surface area contributed by atoms with Crippen LogP contribution in [-0.2, 0) is 9.59 Å². The Hall–Kier alpha value is -0.710. The van der Waals surface area contributed by atoms with Gasteiger partial charge in [0.15, 0.2) is 0 Å². The van der Waals surface area contributed by atoms with Crippen molar-refractivity contribution in [3.8, 4) is 0 Å². The Morgan fingerprint density at radius 1 is 1.57 bits per heavy atom. The van der Waals surface area contributed by atoms with Crippen molar-refractivity contribution in [2.75, 3.05) is 0 Å². The first kappa shape index (κ1) is 9.83. The van der Waals surface area contributed by atoms with Crippen LogP contribution in [0.15, 0.2) is 0 Å². The maximum Gasteiger partial charge on any atom is 0.327 e. The maximum absolute atomic E-state index is 11.5. The monoisotopic (exact) mass is 215 g/mol. The third-order valence-electron chi connectivity index (χ3n) is 2.94. The van der Waals surface area contributed by atoms with E-state index < -0.39 is 12.0 Å². The summed E-state index contributed by atoms with van der Waals surface area (Å²) in [7, 11) is 0. The van der Waals surface area contributed by atoms with Gasteiger partial charge in [0.1, 0.15) is 6.04 Å². The van der Waals surface area contributed by atoms with Crippen molar-refractivity contribution in [3.05, 3.63) is 0 Å². The molecule has 2 aliphatic rings. The quantitative estimate of drug-likeness (QED) is 0.656. The smallest absolute Gasteiger partial charge is 0.327 e. The van der Waals surface area contributed by atoms with Crippen LogP contribution in [0.2, 0.25) is 0 Å². The molecule has 0 bridgehead atoms. The first-order chi connectivity index (χ1) is 6.36. The zero-order valence-corrected chi connectivity index (χ0v) is 9.17. The first-order valence-electron chi connectivity index (χ1n) is 4.59.